The number of carbonyl (C=O) groups excluding carboxylic acids is 1. The van der Waals surface area contributed by atoms with E-state index in [1.54, 1.807) is 0 Å². The van der Waals surface area contributed by atoms with Crippen molar-refractivity contribution in [3.8, 4) is 0 Å². The summed E-state index contributed by atoms with van der Waals surface area (Å²) in [5, 5.41) is 0. The molecule has 2 aliphatic heterocycles. The number of benzene rings is 1. The van der Waals surface area contributed by atoms with Crippen LogP contribution in [0.5, 0.6) is 0 Å². The first-order valence-corrected chi connectivity index (χ1v) is 10.00. The van der Waals surface area contributed by atoms with Gasteiger partial charge in [0.15, 0.2) is 0 Å². The smallest absolute Gasteiger partial charge is 0.223 e. The van der Waals surface area contributed by atoms with Crippen molar-refractivity contribution < 1.29 is 4.79 Å². The lowest BCUT2D eigenvalue weighted by molar-refractivity contribution is -0.133. The Hall–Kier alpha value is -2.43. The maximum atomic E-state index is 12.8. The van der Waals surface area contributed by atoms with Crippen LogP contribution in [-0.2, 0) is 17.8 Å². The molecular weight excluding hydrogens is 336 g/mol. The van der Waals surface area contributed by atoms with Crippen LogP contribution in [0, 0.1) is 19.8 Å². The third-order valence-corrected chi connectivity index (χ3v) is 5.91. The van der Waals surface area contributed by atoms with Gasteiger partial charge in [-0.2, -0.15) is 0 Å². The second kappa shape index (κ2) is 7.67. The fourth-order valence-electron chi connectivity index (χ4n) is 4.26. The zero-order valence-electron chi connectivity index (χ0n) is 16.3. The summed E-state index contributed by atoms with van der Waals surface area (Å²) in [6.07, 6.45) is 5.57. The summed E-state index contributed by atoms with van der Waals surface area (Å²) in [6, 6.07) is 8.49. The average molecular weight is 364 g/mol. The van der Waals surface area contributed by atoms with Crippen molar-refractivity contribution in [1.82, 2.24) is 14.9 Å². The first-order valence-electron chi connectivity index (χ1n) is 10.00. The van der Waals surface area contributed by atoms with Crippen molar-refractivity contribution in [3.63, 3.8) is 0 Å². The van der Waals surface area contributed by atoms with Crippen molar-refractivity contribution in [1.29, 1.82) is 0 Å². The number of anilines is 1. The minimum Gasteiger partial charge on any atom is -0.355 e. The maximum absolute atomic E-state index is 12.8. The van der Waals surface area contributed by atoms with Gasteiger partial charge in [0.1, 0.15) is 5.82 Å². The molecule has 2 aromatic rings. The molecular formula is C22H28N4O. The molecule has 2 aliphatic rings. The topological polar surface area (TPSA) is 49.3 Å². The van der Waals surface area contributed by atoms with Gasteiger partial charge in [0.25, 0.3) is 0 Å². The maximum Gasteiger partial charge on any atom is 0.223 e. The Morgan fingerprint density at radius 3 is 2.63 bits per heavy atom. The van der Waals surface area contributed by atoms with Crippen molar-refractivity contribution in [2.24, 2.45) is 5.92 Å². The third-order valence-electron chi connectivity index (χ3n) is 5.91. The van der Waals surface area contributed by atoms with E-state index in [-0.39, 0.29) is 0 Å². The number of nitrogens with zero attached hydrogens (tertiary/aromatic N) is 4. The summed E-state index contributed by atoms with van der Waals surface area (Å²) in [6.45, 7) is 7.54. The molecule has 0 aliphatic carbocycles. The highest BCUT2D eigenvalue weighted by atomic mass is 16.2. The zero-order valence-corrected chi connectivity index (χ0v) is 16.3. The molecule has 1 amide bonds. The number of aromatic nitrogens is 2. The van der Waals surface area contributed by atoms with E-state index in [4.69, 9.17) is 0 Å². The van der Waals surface area contributed by atoms with Crippen LogP contribution < -0.4 is 4.90 Å². The molecule has 1 saturated heterocycles. The van der Waals surface area contributed by atoms with Crippen LogP contribution in [0.15, 0.2) is 30.5 Å². The Bertz CT molecular complexity index is 827. The number of amides is 1. The largest absolute Gasteiger partial charge is 0.355 e. The Morgan fingerprint density at radius 1 is 1.11 bits per heavy atom. The minimum absolute atomic E-state index is 0.314. The second-order valence-electron chi connectivity index (χ2n) is 7.89. The van der Waals surface area contributed by atoms with Gasteiger partial charge in [-0.05, 0) is 50.2 Å². The molecule has 3 heterocycles. The summed E-state index contributed by atoms with van der Waals surface area (Å²) in [4.78, 5) is 26.3. The summed E-state index contributed by atoms with van der Waals surface area (Å²) < 4.78 is 0. The van der Waals surface area contributed by atoms with Crippen LogP contribution in [0.1, 0.15) is 41.8 Å². The molecule has 1 fully saturated rings. The predicted molar refractivity (Wildman–Crippen MR) is 107 cm³/mol. The quantitative estimate of drug-likeness (QED) is 0.839. The highest BCUT2D eigenvalue weighted by molar-refractivity contribution is 5.76. The third kappa shape index (κ3) is 3.97. The van der Waals surface area contributed by atoms with Gasteiger partial charge in [0, 0.05) is 38.8 Å². The summed E-state index contributed by atoms with van der Waals surface area (Å²) in [7, 11) is 0. The van der Waals surface area contributed by atoms with Crippen molar-refractivity contribution in [2.75, 3.05) is 24.5 Å². The predicted octanol–water partition coefficient (Wildman–Crippen LogP) is 3.28. The number of hydrogen-bond acceptors (Lipinski definition) is 4. The molecule has 0 radical (unpaired) electrons. The molecule has 0 bridgehead atoms. The van der Waals surface area contributed by atoms with Gasteiger partial charge < -0.3 is 9.80 Å². The van der Waals surface area contributed by atoms with E-state index in [0.717, 1.165) is 62.6 Å². The molecule has 1 aromatic heterocycles. The van der Waals surface area contributed by atoms with Crippen molar-refractivity contribution in [3.05, 3.63) is 53.0 Å². The number of aryl methyl sites for hydroxylation is 2. The molecule has 0 unspecified atom stereocenters. The SMILES string of the molecule is Cc1cnc(C)c(N2CCC(CC(=O)N3CCc4ccccc4C3)CC2)n1. The van der Waals surface area contributed by atoms with Gasteiger partial charge in [0.05, 0.1) is 11.4 Å². The molecule has 1 aromatic carbocycles. The Balaban J connectivity index is 1.32. The highest BCUT2D eigenvalue weighted by Gasteiger charge is 2.27. The van der Waals surface area contributed by atoms with Gasteiger partial charge >= 0.3 is 0 Å². The molecule has 5 heteroatoms. The molecule has 5 nitrogen and oxygen atoms in total. The van der Waals surface area contributed by atoms with Gasteiger partial charge in [-0.25, -0.2) is 4.98 Å². The first-order chi connectivity index (χ1) is 13.1. The van der Waals surface area contributed by atoms with Crippen LogP contribution in [0.3, 0.4) is 0 Å². The standard InChI is InChI=1S/C22H28N4O/c1-16-14-23-17(2)22(24-16)25-10-7-18(8-11-25)13-21(27)26-12-9-19-5-3-4-6-20(19)15-26/h3-6,14,18H,7-13,15H2,1-2H3. The summed E-state index contributed by atoms with van der Waals surface area (Å²) in [5.74, 6) is 1.80. The van der Waals surface area contributed by atoms with Crippen LogP contribution in [0.4, 0.5) is 5.82 Å². The fourth-order valence-corrected chi connectivity index (χ4v) is 4.26. The number of carbonyl (C=O) groups is 1. The fraction of sp³-hybridized carbons (Fsp3) is 0.500. The molecule has 0 atom stereocenters. The van der Waals surface area contributed by atoms with Crippen LogP contribution >= 0.6 is 0 Å². The van der Waals surface area contributed by atoms with E-state index in [0.29, 0.717) is 18.2 Å². The Kier molecular flexibility index (Phi) is 5.10. The number of hydrogen-bond donors (Lipinski definition) is 0. The minimum atomic E-state index is 0.314. The highest BCUT2D eigenvalue weighted by Crippen LogP contribution is 2.27. The summed E-state index contributed by atoms with van der Waals surface area (Å²) in [5.41, 5.74) is 4.64. The van der Waals surface area contributed by atoms with E-state index in [9.17, 15) is 4.79 Å². The first kappa shape index (κ1) is 18.0. The lowest BCUT2D eigenvalue weighted by Gasteiger charge is -2.35. The van der Waals surface area contributed by atoms with Crippen molar-refractivity contribution >= 4 is 11.7 Å². The normalized spacial score (nSPS) is 17.7. The van der Waals surface area contributed by atoms with Gasteiger partial charge in [0.2, 0.25) is 5.91 Å². The second-order valence-corrected chi connectivity index (χ2v) is 7.89. The van der Waals surface area contributed by atoms with E-state index in [1.807, 2.05) is 24.9 Å². The molecule has 0 saturated carbocycles. The van der Waals surface area contributed by atoms with Gasteiger partial charge in [-0.3, -0.25) is 9.78 Å². The lowest BCUT2D eigenvalue weighted by Crippen LogP contribution is -2.39. The number of rotatable bonds is 3. The molecule has 4 rings (SSSR count). The van der Waals surface area contributed by atoms with Crippen LogP contribution in [0.25, 0.3) is 0 Å². The van der Waals surface area contributed by atoms with E-state index < -0.39 is 0 Å². The zero-order chi connectivity index (χ0) is 18.8. The van der Waals surface area contributed by atoms with Crippen molar-refractivity contribution in [2.45, 2.75) is 46.1 Å². The van der Waals surface area contributed by atoms with Crippen LogP contribution in [0.2, 0.25) is 0 Å². The Morgan fingerprint density at radius 2 is 1.85 bits per heavy atom. The van der Waals surface area contributed by atoms with E-state index >= 15 is 0 Å². The number of fused-ring (bicyclic) bond motifs is 1. The number of piperidine rings is 1. The van der Waals surface area contributed by atoms with Crippen LogP contribution in [-0.4, -0.2) is 40.4 Å². The monoisotopic (exact) mass is 364 g/mol. The van der Waals surface area contributed by atoms with Gasteiger partial charge in [-0.15, -0.1) is 0 Å². The molecule has 27 heavy (non-hydrogen) atoms. The van der Waals surface area contributed by atoms with E-state index in [2.05, 4.69) is 39.1 Å². The molecule has 0 N–H and O–H groups in total. The summed E-state index contributed by atoms with van der Waals surface area (Å²) >= 11 is 0. The lowest BCUT2D eigenvalue weighted by atomic mass is 9.92. The Labute approximate surface area is 161 Å². The van der Waals surface area contributed by atoms with Gasteiger partial charge in [-0.1, -0.05) is 24.3 Å². The average Bonchev–Trinajstić information content (AvgIpc) is 2.70. The molecule has 0 spiro atoms. The van der Waals surface area contributed by atoms with E-state index in [1.165, 1.54) is 11.1 Å². The molecule has 142 valence electrons.